The molecule has 3 rings (SSSR count). The normalized spacial score (nSPS) is 11.1. The summed E-state index contributed by atoms with van der Waals surface area (Å²) in [6.45, 7) is 0. The molecule has 11 heteroatoms. The Morgan fingerprint density at radius 1 is 0.933 bits per heavy atom. The Morgan fingerprint density at radius 3 is 2.10 bits per heavy atom. The minimum atomic E-state index is -4.58. The Morgan fingerprint density at radius 2 is 1.53 bits per heavy atom. The van der Waals surface area contributed by atoms with Gasteiger partial charge in [0, 0.05) is 0 Å². The number of benzene rings is 2. The maximum atomic E-state index is 13.1. The van der Waals surface area contributed by atoms with Crippen LogP contribution in [-0.2, 0) is 6.18 Å². The Kier molecular flexibility index (Phi) is 5.72. The van der Waals surface area contributed by atoms with Crippen molar-refractivity contribution in [1.82, 2.24) is 15.0 Å². The maximum absolute atomic E-state index is 13.1. The van der Waals surface area contributed by atoms with Crippen LogP contribution in [0.5, 0.6) is 23.8 Å². The number of hydrogen-bond donors (Lipinski definition) is 1. The molecule has 8 nitrogen and oxygen atoms in total. The molecule has 1 N–H and O–H groups in total. The average molecular weight is 421 g/mol. The fourth-order valence-corrected chi connectivity index (χ4v) is 2.59. The number of hydrogen-bond acceptors (Lipinski definition) is 7. The monoisotopic (exact) mass is 421 g/mol. The van der Waals surface area contributed by atoms with Crippen molar-refractivity contribution in [1.29, 1.82) is 0 Å². The van der Waals surface area contributed by atoms with Gasteiger partial charge >= 0.3 is 30.2 Å². The molecule has 0 aliphatic rings. The topological polar surface area (TPSA) is 104 Å². The Balaban J connectivity index is 2.10. The van der Waals surface area contributed by atoms with Crippen molar-refractivity contribution in [2.24, 2.45) is 0 Å². The van der Waals surface area contributed by atoms with Gasteiger partial charge in [-0.05, 0) is 29.3 Å². The summed E-state index contributed by atoms with van der Waals surface area (Å²) < 4.78 is 54.5. The number of aromatic carboxylic acids is 1. The molecule has 1 aromatic heterocycles. The number of carboxylic acids is 1. The minimum absolute atomic E-state index is 0.0269. The number of nitrogens with zero attached hydrogens (tertiary/aromatic N) is 3. The molecule has 156 valence electrons. The van der Waals surface area contributed by atoms with Crippen LogP contribution in [0.3, 0.4) is 0 Å². The number of carbonyl (C=O) groups is 1. The second-order valence-electron chi connectivity index (χ2n) is 5.76. The number of carboxylic acid groups (broad SMARTS) is 1. The van der Waals surface area contributed by atoms with Crippen molar-refractivity contribution in [3.63, 3.8) is 0 Å². The Labute approximate surface area is 167 Å². The van der Waals surface area contributed by atoms with Gasteiger partial charge in [0.1, 0.15) is 11.3 Å². The highest BCUT2D eigenvalue weighted by atomic mass is 19.4. The summed E-state index contributed by atoms with van der Waals surface area (Å²) in [4.78, 5) is 23.4. The molecule has 0 spiro atoms. The van der Waals surface area contributed by atoms with Gasteiger partial charge in [0.25, 0.3) is 0 Å². The van der Waals surface area contributed by atoms with Gasteiger partial charge in [0.05, 0.1) is 19.8 Å². The standard InChI is InChI=1S/C19H14F3N3O5/c1-28-16-23-17(29-2)25-18(24-16)30-13-8-4-7-12(14(13)15(26)27)10-5-3-6-11(9-10)19(20,21)22/h3-9H,1-2H3,(H,26,27). The zero-order valence-corrected chi connectivity index (χ0v) is 15.6. The third-order valence-electron chi connectivity index (χ3n) is 3.88. The van der Waals surface area contributed by atoms with Gasteiger partial charge in [-0.2, -0.15) is 13.2 Å². The quantitative estimate of drug-likeness (QED) is 0.635. The van der Waals surface area contributed by atoms with E-state index in [1.807, 2.05) is 0 Å². The lowest BCUT2D eigenvalue weighted by Crippen LogP contribution is -2.07. The molecule has 30 heavy (non-hydrogen) atoms. The highest BCUT2D eigenvalue weighted by Gasteiger charge is 2.31. The van der Waals surface area contributed by atoms with E-state index >= 15 is 0 Å². The third kappa shape index (κ3) is 4.40. The zero-order chi connectivity index (χ0) is 21.9. The molecule has 0 saturated carbocycles. The summed E-state index contributed by atoms with van der Waals surface area (Å²) >= 11 is 0. The second-order valence-corrected chi connectivity index (χ2v) is 5.76. The molecule has 0 amide bonds. The molecule has 0 aliphatic heterocycles. The Hall–Kier alpha value is -3.89. The molecule has 0 atom stereocenters. The molecule has 2 aromatic carbocycles. The van der Waals surface area contributed by atoms with E-state index in [9.17, 15) is 23.1 Å². The van der Waals surface area contributed by atoms with E-state index in [0.717, 1.165) is 12.1 Å². The first kappa shape index (κ1) is 20.8. The number of alkyl halides is 3. The summed E-state index contributed by atoms with van der Waals surface area (Å²) in [5.41, 5.74) is -1.19. The molecular formula is C19H14F3N3O5. The number of halogens is 3. The van der Waals surface area contributed by atoms with Crippen LogP contribution in [0, 0.1) is 0 Å². The lowest BCUT2D eigenvalue weighted by atomic mass is 9.97. The fraction of sp³-hybridized carbons (Fsp3) is 0.158. The largest absolute Gasteiger partial charge is 0.478 e. The van der Waals surface area contributed by atoms with E-state index in [1.165, 1.54) is 44.6 Å². The first-order valence-electron chi connectivity index (χ1n) is 8.28. The minimum Gasteiger partial charge on any atom is -0.478 e. The number of methoxy groups -OCH3 is 2. The first-order valence-corrected chi connectivity index (χ1v) is 8.28. The molecule has 0 radical (unpaired) electrons. The smallest absolute Gasteiger partial charge is 0.416 e. The van der Waals surface area contributed by atoms with E-state index in [2.05, 4.69) is 15.0 Å². The van der Waals surface area contributed by atoms with Crippen LogP contribution < -0.4 is 14.2 Å². The molecule has 0 saturated heterocycles. The van der Waals surface area contributed by atoms with Crippen LogP contribution in [0.2, 0.25) is 0 Å². The van der Waals surface area contributed by atoms with E-state index in [-0.39, 0.29) is 40.5 Å². The van der Waals surface area contributed by atoms with Gasteiger partial charge < -0.3 is 19.3 Å². The van der Waals surface area contributed by atoms with Crippen LogP contribution in [0.4, 0.5) is 13.2 Å². The molecule has 0 unspecified atom stereocenters. The Bertz CT molecular complexity index is 1070. The van der Waals surface area contributed by atoms with Crippen molar-refractivity contribution in [2.75, 3.05) is 14.2 Å². The maximum Gasteiger partial charge on any atom is 0.416 e. The molecule has 0 aliphatic carbocycles. The van der Waals surface area contributed by atoms with Crippen molar-refractivity contribution < 1.29 is 37.3 Å². The average Bonchev–Trinajstić information content (AvgIpc) is 2.72. The fourth-order valence-electron chi connectivity index (χ4n) is 2.59. The second kappa shape index (κ2) is 8.23. The van der Waals surface area contributed by atoms with Crippen LogP contribution >= 0.6 is 0 Å². The van der Waals surface area contributed by atoms with Gasteiger partial charge in [-0.25, -0.2) is 4.79 Å². The SMILES string of the molecule is COc1nc(OC)nc(Oc2cccc(-c3cccc(C(F)(F)F)c3)c2C(=O)O)n1. The van der Waals surface area contributed by atoms with Crippen molar-refractivity contribution in [2.45, 2.75) is 6.18 Å². The van der Waals surface area contributed by atoms with Crippen molar-refractivity contribution in [3.05, 3.63) is 53.6 Å². The first-order chi connectivity index (χ1) is 14.2. The molecule has 0 bridgehead atoms. The van der Waals surface area contributed by atoms with Crippen LogP contribution in [0.15, 0.2) is 42.5 Å². The van der Waals surface area contributed by atoms with E-state index in [1.54, 1.807) is 0 Å². The summed E-state index contributed by atoms with van der Waals surface area (Å²) in [7, 11) is 2.60. The van der Waals surface area contributed by atoms with E-state index < -0.39 is 17.7 Å². The summed E-state index contributed by atoms with van der Waals surface area (Å²) in [5, 5.41) is 9.71. The predicted octanol–water partition coefficient (Wildman–Crippen LogP) is 4.07. The van der Waals surface area contributed by atoms with Crippen LogP contribution in [-0.4, -0.2) is 40.2 Å². The molecule has 0 fully saturated rings. The third-order valence-corrected chi connectivity index (χ3v) is 3.88. The zero-order valence-electron chi connectivity index (χ0n) is 15.6. The summed E-state index contributed by atoms with van der Waals surface area (Å²) in [5.74, 6) is -1.60. The van der Waals surface area contributed by atoms with Gasteiger partial charge in [0.2, 0.25) is 0 Å². The summed E-state index contributed by atoms with van der Waals surface area (Å²) in [6, 6.07) is 7.87. The predicted molar refractivity (Wildman–Crippen MR) is 96.8 cm³/mol. The lowest BCUT2D eigenvalue weighted by Gasteiger charge is -2.14. The lowest BCUT2D eigenvalue weighted by molar-refractivity contribution is -0.137. The van der Waals surface area contributed by atoms with Gasteiger partial charge in [-0.3, -0.25) is 0 Å². The van der Waals surface area contributed by atoms with Crippen LogP contribution in [0.1, 0.15) is 15.9 Å². The van der Waals surface area contributed by atoms with Gasteiger partial charge in [0.15, 0.2) is 0 Å². The highest BCUT2D eigenvalue weighted by molar-refractivity contribution is 5.99. The van der Waals surface area contributed by atoms with E-state index in [0.29, 0.717) is 0 Å². The van der Waals surface area contributed by atoms with Crippen molar-refractivity contribution >= 4 is 5.97 Å². The van der Waals surface area contributed by atoms with Gasteiger partial charge in [-0.15, -0.1) is 15.0 Å². The van der Waals surface area contributed by atoms with Gasteiger partial charge in [-0.1, -0.05) is 24.3 Å². The van der Waals surface area contributed by atoms with Crippen LogP contribution in [0.25, 0.3) is 11.1 Å². The molecular weight excluding hydrogens is 407 g/mol. The highest BCUT2D eigenvalue weighted by Crippen LogP contribution is 2.36. The number of aromatic nitrogens is 3. The molecule has 3 aromatic rings. The molecule has 1 heterocycles. The number of ether oxygens (including phenoxy) is 3. The van der Waals surface area contributed by atoms with E-state index in [4.69, 9.17) is 14.2 Å². The summed E-state index contributed by atoms with van der Waals surface area (Å²) in [6.07, 6.45) is -4.58. The van der Waals surface area contributed by atoms with Crippen molar-refractivity contribution in [3.8, 4) is 34.9 Å². The number of rotatable bonds is 6.